The van der Waals surface area contributed by atoms with Gasteiger partial charge in [-0.3, -0.25) is 14.0 Å². The first-order valence-electron chi connectivity index (χ1n) is 13.4. The van der Waals surface area contributed by atoms with Crippen molar-refractivity contribution in [3.05, 3.63) is 70.9 Å². The predicted molar refractivity (Wildman–Crippen MR) is 158 cm³/mol. The third-order valence-corrected chi connectivity index (χ3v) is 5.49. The van der Waals surface area contributed by atoms with E-state index in [1.54, 1.807) is 7.05 Å². The van der Waals surface area contributed by atoms with E-state index >= 15 is 0 Å². The van der Waals surface area contributed by atoms with Crippen molar-refractivity contribution in [2.24, 2.45) is 10.2 Å². The van der Waals surface area contributed by atoms with Crippen LogP contribution < -0.4 is 10.6 Å². The Balaban J connectivity index is 0.000000642. The van der Waals surface area contributed by atoms with E-state index in [1.807, 2.05) is 26.8 Å². The van der Waals surface area contributed by atoms with E-state index in [-0.39, 0.29) is 24.7 Å². The van der Waals surface area contributed by atoms with Gasteiger partial charge < -0.3 is 15.4 Å². The minimum Gasteiger partial charge on any atom is -0.463 e. The van der Waals surface area contributed by atoms with Crippen molar-refractivity contribution in [3.8, 4) is 11.1 Å². The van der Waals surface area contributed by atoms with E-state index in [2.05, 4.69) is 77.2 Å². The van der Waals surface area contributed by atoms with Crippen LogP contribution in [-0.2, 0) is 20.9 Å². The van der Waals surface area contributed by atoms with E-state index in [9.17, 15) is 14.0 Å². The number of hydrogen-bond donors (Lipinski definition) is 2. The van der Waals surface area contributed by atoms with E-state index in [0.717, 1.165) is 25.2 Å². The number of nitrogens with one attached hydrogen (secondary N) is 2. The van der Waals surface area contributed by atoms with Crippen LogP contribution in [0, 0.1) is 13.8 Å². The Morgan fingerprint density at radius 1 is 1.10 bits per heavy atom. The van der Waals surface area contributed by atoms with E-state index in [4.69, 9.17) is 4.74 Å². The van der Waals surface area contributed by atoms with E-state index in [0.29, 0.717) is 13.0 Å². The van der Waals surface area contributed by atoms with Crippen LogP contribution in [-0.4, -0.2) is 44.8 Å². The summed E-state index contributed by atoms with van der Waals surface area (Å²) < 4.78 is 16.7. The van der Waals surface area contributed by atoms with Crippen LogP contribution in [0.2, 0.25) is 0 Å². The Morgan fingerprint density at radius 2 is 1.77 bits per heavy atom. The maximum atomic E-state index is 12.0. The topological polar surface area (TPSA) is 92.2 Å². The van der Waals surface area contributed by atoms with Gasteiger partial charge in [0.15, 0.2) is 0 Å². The number of ether oxygens (including phenoxy) is 1. The Hall–Kier alpha value is -3.39. The molecule has 0 saturated carbocycles. The SMILES string of the molecule is C/C=C(/CNC(C)=O)N=NC.CCC(C)OC(C)=O.Cc1ccc(-c2ccc(CNCCCF)cc2)c(C)c1. The number of azo groups is 1. The number of carbonyl (C=O) groups excluding carboxylic acids is 2. The van der Waals surface area contributed by atoms with Gasteiger partial charge in [0.1, 0.15) is 0 Å². The molecule has 2 rings (SSSR count). The molecule has 1 atom stereocenters. The van der Waals surface area contributed by atoms with Crippen molar-refractivity contribution in [1.29, 1.82) is 0 Å². The molecule has 0 fully saturated rings. The number of hydrogen-bond acceptors (Lipinski definition) is 6. The Kier molecular flexibility index (Phi) is 19.7. The van der Waals surface area contributed by atoms with Crippen molar-refractivity contribution in [2.45, 2.75) is 74.0 Å². The van der Waals surface area contributed by atoms with E-state index < -0.39 is 0 Å². The average Bonchev–Trinajstić information content (AvgIpc) is 2.90. The summed E-state index contributed by atoms with van der Waals surface area (Å²) in [5.74, 6) is -0.255. The molecule has 1 amide bonds. The van der Waals surface area contributed by atoms with Crippen molar-refractivity contribution in [2.75, 3.05) is 26.8 Å². The lowest BCUT2D eigenvalue weighted by atomic mass is 9.98. The van der Waals surface area contributed by atoms with Gasteiger partial charge >= 0.3 is 5.97 Å². The molecule has 0 aliphatic heterocycles. The van der Waals surface area contributed by atoms with Gasteiger partial charge in [-0.05, 0) is 69.3 Å². The van der Waals surface area contributed by atoms with E-state index in [1.165, 1.54) is 41.7 Å². The van der Waals surface area contributed by atoms with Gasteiger partial charge in [0, 0.05) is 27.4 Å². The summed E-state index contributed by atoms with van der Waals surface area (Å²) in [6.07, 6.45) is 3.36. The van der Waals surface area contributed by atoms with Gasteiger partial charge in [0.2, 0.25) is 5.91 Å². The molecule has 0 aliphatic rings. The lowest BCUT2D eigenvalue weighted by Crippen LogP contribution is -2.21. The van der Waals surface area contributed by atoms with Gasteiger partial charge in [0.25, 0.3) is 0 Å². The van der Waals surface area contributed by atoms with Crippen LogP contribution in [0.4, 0.5) is 4.39 Å². The number of halogens is 1. The first-order valence-corrected chi connectivity index (χ1v) is 13.4. The van der Waals surface area contributed by atoms with Crippen LogP contribution in [0.25, 0.3) is 11.1 Å². The highest BCUT2D eigenvalue weighted by molar-refractivity contribution is 5.73. The molecule has 0 aromatic heterocycles. The maximum absolute atomic E-state index is 12.0. The molecule has 0 heterocycles. The number of amides is 1. The number of rotatable bonds is 11. The highest BCUT2D eigenvalue weighted by Gasteiger charge is 2.02. The predicted octanol–water partition coefficient (Wildman–Crippen LogP) is 6.88. The number of benzene rings is 2. The summed E-state index contributed by atoms with van der Waals surface area (Å²) in [4.78, 5) is 20.6. The lowest BCUT2D eigenvalue weighted by molar-refractivity contribution is -0.145. The fourth-order valence-corrected chi connectivity index (χ4v) is 3.27. The second-order valence-electron chi connectivity index (χ2n) is 9.05. The number of allylic oxidation sites excluding steroid dienone is 1. The molecule has 39 heavy (non-hydrogen) atoms. The Bertz CT molecular complexity index is 1040. The van der Waals surface area contributed by atoms with Crippen LogP contribution in [0.15, 0.2) is 64.5 Å². The summed E-state index contributed by atoms with van der Waals surface area (Å²) in [7, 11) is 1.59. The Labute approximate surface area is 234 Å². The van der Waals surface area contributed by atoms with Gasteiger partial charge in [-0.1, -0.05) is 61.0 Å². The van der Waals surface area contributed by atoms with Gasteiger partial charge in [-0.15, -0.1) is 0 Å². The molecule has 7 nitrogen and oxygen atoms in total. The number of alkyl halides is 1. The fraction of sp³-hybridized carbons (Fsp3) is 0.484. The monoisotopic (exact) mass is 542 g/mol. The molecule has 2 aromatic carbocycles. The lowest BCUT2D eigenvalue weighted by Gasteiger charge is -2.09. The first kappa shape index (κ1) is 35.6. The molecule has 0 saturated heterocycles. The van der Waals surface area contributed by atoms with Crippen molar-refractivity contribution in [3.63, 3.8) is 0 Å². The minimum absolute atomic E-state index is 0.0596. The number of nitrogens with zero attached hydrogens (tertiary/aromatic N) is 2. The highest BCUT2D eigenvalue weighted by Crippen LogP contribution is 2.24. The van der Waals surface area contributed by atoms with Crippen LogP contribution in [0.5, 0.6) is 0 Å². The third kappa shape index (κ3) is 17.7. The fourth-order valence-electron chi connectivity index (χ4n) is 3.27. The molecule has 0 aliphatic carbocycles. The molecule has 0 bridgehead atoms. The second-order valence-corrected chi connectivity index (χ2v) is 9.05. The van der Waals surface area contributed by atoms with Gasteiger partial charge in [0.05, 0.1) is 25.0 Å². The van der Waals surface area contributed by atoms with Crippen LogP contribution >= 0.6 is 0 Å². The molecule has 8 heteroatoms. The average molecular weight is 543 g/mol. The molecular weight excluding hydrogens is 495 g/mol. The van der Waals surface area contributed by atoms with Crippen LogP contribution in [0.3, 0.4) is 0 Å². The van der Waals surface area contributed by atoms with Gasteiger partial charge in [-0.2, -0.15) is 10.2 Å². The molecule has 216 valence electrons. The summed E-state index contributed by atoms with van der Waals surface area (Å²) >= 11 is 0. The molecular formula is C31H47FN4O3. The Morgan fingerprint density at radius 3 is 2.23 bits per heavy atom. The van der Waals surface area contributed by atoms with Crippen molar-refractivity contribution >= 4 is 11.9 Å². The summed E-state index contributed by atoms with van der Waals surface area (Å²) in [6, 6.07) is 15.1. The zero-order valence-corrected chi connectivity index (χ0v) is 24.9. The second kappa shape index (κ2) is 21.5. The zero-order chi connectivity index (χ0) is 29.6. The van der Waals surface area contributed by atoms with Gasteiger partial charge in [-0.25, -0.2) is 0 Å². The van der Waals surface area contributed by atoms with Crippen molar-refractivity contribution in [1.82, 2.24) is 10.6 Å². The normalized spacial score (nSPS) is 11.6. The number of carbonyl (C=O) groups is 2. The zero-order valence-electron chi connectivity index (χ0n) is 24.9. The molecule has 0 radical (unpaired) electrons. The maximum Gasteiger partial charge on any atom is 0.302 e. The first-order chi connectivity index (χ1) is 18.6. The minimum atomic E-state index is -0.251. The van der Waals surface area contributed by atoms with Crippen molar-refractivity contribution < 1.29 is 18.7 Å². The number of aryl methyl sites for hydroxylation is 2. The molecule has 2 aromatic rings. The molecule has 1 unspecified atom stereocenters. The third-order valence-electron chi connectivity index (χ3n) is 5.49. The highest BCUT2D eigenvalue weighted by atomic mass is 19.1. The molecule has 0 spiro atoms. The summed E-state index contributed by atoms with van der Waals surface area (Å²) in [5.41, 5.74) is 7.13. The number of esters is 1. The quantitative estimate of drug-likeness (QED) is 0.184. The molecule has 2 N–H and O–H groups in total. The van der Waals surface area contributed by atoms with Crippen LogP contribution in [0.1, 0.15) is 64.2 Å². The largest absolute Gasteiger partial charge is 0.463 e. The standard InChI is InChI=1S/C18H22FN.C7H13N3O.C6H12O2/c1-14-4-9-18(15(2)12-14)17-7-5-16(6-8-17)13-20-11-3-10-19;1-4-7(10-8-3)5-9-6(2)11;1-4-5(2)8-6(3)7/h4-9,12,20H,3,10-11,13H2,1-2H3;4H,5H2,1-3H3,(H,9,11);5H,4H2,1-3H3/b;7-4-,10-8?;. The summed E-state index contributed by atoms with van der Waals surface area (Å²) in [5, 5.41) is 13.2. The smallest absolute Gasteiger partial charge is 0.302 e. The summed E-state index contributed by atoms with van der Waals surface area (Å²) in [6.45, 7) is 14.6.